The molecule has 0 aromatic carbocycles. The fourth-order valence-corrected chi connectivity index (χ4v) is 2.29. The summed E-state index contributed by atoms with van der Waals surface area (Å²) in [5.74, 6) is -6.51. The number of aliphatic hydroxyl groups excluding tert-OH is 4. The van der Waals surface area contributed by atoms with Gasteiger partial charge in [-0.3, -0.25) is 24.0 Å². The summed E-state index contributed by atoms with van der Waals surface area (Å²) in [7, 11) is 0. The van der Waals surface area contributed by atoms with E-state index in [4.69, 9.17) is 15.9 Å². The lowest BCUT2D eigenvalue weighted by molar-refractivity contribution is -0.143. The molecule has 0 spiro atoms. The van der Waals surface area contributed by atoms with Crippen LogP contribution in [-0.4, -0.2) is 124 Å². The molecule has 17 heteroatoms. The van der Waals surface area contributed by atoms with Crippen molar-refractivity contribution in [3.05, 3.63) is 0 Å². The average Bonchev–Trinajstić information content (AvgIpc) is 2.81. The van der Waals surface area contributed by atoms with Crippen LogP contribution in [0.15, 0.2) is 0 Å². The molecule has 12 N–H and O–H groups in total. The molecule has 0 aliphatic rings. The highest BCUT2D eigenvalue weighted by Gasteiger charge is 2.30. The van der Waals surface area contributed by atoms with Gasteiger partial charge in [-0.1, -0.05) is 0 Å². The second-order valence-corrected chi connectivity index (χ2v) is 7.33. The third kappa shape index (κ3) is 10.6. The monoisotopic (exact) mass is 508 g/mol. The van der Waals surface area contributed by atoms with E-state index in [0.717, 1.165) is 0 Å². The SMILES string of the molecule is C[C@H](N)C(=O)N[C@@H](CO)C(=O)N[C@@H](C)C(=O)N[C@@H](CO)C(=O)N[C@@H](CO)C(=O)N[C@@H](CO)C(=O)O. The van der Waals surface area contributed by atoms with Crippen molar-refractivity contribution < 1.29 is 54.3 Å². The van der Waals surface area contributed by atoms with E-state index in [1.165, 1.54) is 13.8 Å². The maximum absolute atomic E-state index is 12.3. The lowest BCUT2D eigenvalue weighted by Gasteiger charge is -2.24. The summed E-state index contributed by atoms with van der Waals surface area (Å²) < 4.78 is 0. The summed E-state index contributed by atoms with van der Waals surface area (Å²) in [5.41, 5.74) is 5.37. The van der Waals surface area contributed by atoms with E-state index in [1.807, 2.05) is 10.6 Å². The zero-order valence-electron chi connectivity index (χ0n) is 19.1. The molecule has 5 amide bonds. The Hall–Kier alpha value is -3.38. The highest BCUT2D eigenvalue weighted by atomic mass is 16.4. The number of carbonyl (C=O) groups excluding carboxylic acids is 5. The van der Waals surface area contributed by atoms with Gasteiger partial charge in [-0.2, -0.15) is 0 Å². The van der Waals surface area contributed by atoms with Crippen LogP contribution in [0.4, 0.5) is 0 Å². The molecule has 0 saturated carbocycles. The maximum atomic E-state index is 12.3. The van der Waals surface area contributed by atoms with Crippen LogP contribution in [0.1, 0.15) is 13.8 Å². The Bertz CT molecular complexity index is 778. The van der Waals surface area contributed by atoms with Gasteiger partial charge in [0.1, 0.15) is 30.2 Å². The van der Waals surface area contributed by atoms with Gasteiger partial charge < -0.3 is 57.9 Å². The summed E-state index contributed by atoms with van der Waals surface area (Å²) in [5, 5.41) is 56.2. The van der Waals surface area contributed by atoms with Gasteiger partial charge in [0, 0.05) is 0 Å². The Balaban J connectivity index is 5.06. The van der Waals surface area contributed by atoms with E-state index < -0.39 is 98.2 Å². The molecule has 17 nitrogen and oxygen atoms in total. The number of carboxylic acids is 1. The number of aliphatic hydroxyl groups is 4. The Labute approximate surface area is 199 Å². The molecule has 0 radical (unpaired) electrons. The zero-order valence-corrected chi connectivity index (χ0v) is 19.1. The Morgan fingerprint density at radius 2 is 0.886 bits per heavy atom. The van der Waals surface area contributed by atoms with E-state index in [0.29, 0.717) is 0 Å². The van der Waals surface area contributed by atoms with Crippen LogP contribution in [-0.2, 0) is 28.8 Å². The molecular weight excluding hydrogens is 476 g/mol. The third-order valence-corrected chi connectivity index (χ3v) is 4.41. The number of nitrogens with one attached hydrogen (secondary N) is 5. The van der Waals surface area contributed by atoms with Gasteiger partial charge in [-0.15, -0.1) is 0 Å². The van der Waals surface area contributed by atoms with Crippen molar-refractivity contribution in [1.82, 2.24) is 26.6 Å². The number of nitrogens with two attached hydrogens (primary N) is 1. The van der Waals surface area contributed by atoms with E-state index in [2.05, 4.69) is 16.0 Å². The largest absolute Gasteiger partial charge is 0.480 e. The van der Waals surface area contributed by atoms with Gasteiger partial charge in [0.15, 0.2) is 0 Å². The van der Waals surface area contributed by atoms with Crippen molar-refractivity contribution in [3.8, 4) is 0 Å². The molecule has 200 valence electrons. The van der Waals surface area contributed by atoms with E-state index in [1.54, 1.807) is 0 Å². The van der Waals surface area contributed by atoms with Gasteiger partial charge in [0.25, 0.3) is 0 Å². The fraction of sp³-hybridized carbons (Fsp3) is 0.667. The molecule has 0 aromatic rings. The number of carboxylic acid groups (broad SMARTS) is 1. The molecule has 0 heterocycles. The van der Waals surface area contributed by atoms with Gasteiger partial charge >= 0.3 is 5.97 Å². The summed E-state index contributed by atoms with van der Waals surface area (Å²) in [4.78, 5) is 71.4. The van der Waals surface area contributed by atoms with Crippen LogP contribution in [0.3, 0.4) is 0 Å². The minimum atomic E-state index is -1.70. The minimum Gasteiger partial charge on any atom is -0.480 e. The number of amides is 5. The lowest BCUT2D eigenvalue weighted by atomic mass is 10.2. The molecule has 6 atom stereocenters. The van der Waals surface area contributed by atoms with Crippen molar-refractivity contribution >= 4 is 35.5 Å². The summed E-state index contributed by atoms with van der Waals surface area (Å²) >= 11 is 0. The zero-order chi connectivity index (χ0) is 27.3. The van der Waals surface area contributed by atoms with Gasteiger partial charge in [-0.05, 0) is 13.8 Å². The average molecular weight is 508 g/mol. The number of hydrogen-bond acceptors (Lipinski definition) is 11. The molecule has 0 aliphatic heterocycles. The predicted octanol–water partition coefficient (Wildman–Crippen LogP) is -7.17. The molecule has 0 unspecified atom stereocenters. The predicted molar refractivity (Wildman–Crippen MR) is 115 cm³/mol. The van der Waals surface area contributed by atoms with Gasteiger partial charge in [0.2, 0.25) is 29.5 Å². The normalized spacial score (nSPS) is 15.9. The number of hydrogen-bond donors (Lipinski definition) is 11. The molecule has 0 aliphatic carbocycles. The summed E-state index contributed by atoms with van der Waals surface area (Å²) in [6.07, 6.45) is 0. The molecular formula is C18H32N6O11. The first-order valence-electron chi connectivity index (χ1n) is 10.3. The van der Waals surface area contributed by atoms with Crippen molar-refractivity contribution in [2.45, 2.75) is 50.1 Å². The third-order valence-electron chi connectivity index (χ3n) is 4.41. The highest BCUT2D eigenvalue weighted by molar-refractivity contribution is 5.96. The van der Waals surface area contributed by atoms with Gasteiger partial charge in [-0.25, -0.2) is 4.79 Å². The van der Waals surface area contributed by atoms with Crippen LogP contribution in [0.25, 0.3) is 0 Å². The van der Waals surface area contributed by atoms with Crippen molar-refractivity contribution in [1.29, 1.82) is 0 Å². The van der Waals surface area contributed by atoms with Crippen molar-refractivity contribution in [3.63, 3.8) is 0 Å². The molecule has 0 aromatic heterocycles. The Kier molecular flexibility index (Phi) is 14.0. The van der Waals surface area contributed by atoms with Crippen LogP contribution in [0, 0.1) is 0 Å². The smallest absolute Gasteiger partial charge is 0.328 e. The Morgan fingerprint density at radius 1 is 0.571 bits per heavy atom. The van der Waals surface area contributed by atoms with Gasteiger partial charge in [0.05, 0.1) is 32.5 Å². The first-order chi connectivity index (χ1) is 16.3. The van der Waals surface area contributed by atoms with E-state index >= 15 is 0 Å². The van der Waals surface area contributed by atoms with E-state index in [-0.39, 0.29) is 0 Å². The van der Waals surface area contributed by atoms with Crippen LogP contribution >= 0.6 is 0 Å². The number of rotatable bonds is 15. The quantitative estimate of drug-likeness (QED) is 0.0983. The molecule has 0 bridgehead atoms. The molecule has 35 heavy (non-hydrogen) atoms. The van der Waals surface area contributed by atoms with Crippen LogP contribution in [0.5, 0.6) is 0 Å². The topological polar surface area (TPSA) is 290 Å². The fourth-order valence-electron chi connectivity index (χ4n) is 2.29. The van der Waals surface area contributed by atoms with Crippen LogP contribution < -0.4 is 32.3 Å². The molecule has 0 fully saturated rings. The minimum absolute atomic E-state index is 0.732. The maximum Gasteiger partial charge on any atom is 0.328 e. The van der Waals surface area contributed by atoms with Crippen molar-refractivity contribution in [2.75, 3.05) is 26.4 Å². The van der Waals surface area contributed by atoms with Crippen molar-refractivity contribution in [2.24, 2.45) is 5.73 Å². The highest BCUT2D eigenvalue weighted by Crippen LogP contribution is 1.94. The molecule has 0 saturated heterocycles. The summed E-state index contributed by atoms with van der Waals surface area (Å²) in [6, 6.07) is -8.74. The summed E-state index contributed by atoms with van der Waals surface area (Å²) in [6.45, 7) is -1.16. The van der Waals surface area contributed by atoms with E-state index in [9.17, 15) is 44.1 Å². The first kappa shape index (κ1) is 31.6. The second-order valence-electron chi connectivity index (χ2n) is 7.33. The van der Waals surface area contributed by atoms with Crippen LogP contribution in [0.2, 0.25) is 0 Å². The number of aliphatic carboxylic acids is 1. The standard InChI is InChI=1S/C18H32N6O11/c1-7(19)13(29)21-9(3-25)15(31)20-8(2)14(30)22-10(4-26)16(32)23-11(5-27)17(33)24-12(6-28)18(34)35/h7-12,25-28H,3-6,19H2,1-2H3,(H,20,31)(H,21,29)(H,22,30)(H,23,32)(H,24,33)(H,34,35)/t7-,8-,9-,10-,11-,12-/m0/s1. The molecule has 0 rings (SSSR count). The Morgan fingerprint density at radius 3 is 1.23 bits per heavy atom. The lowest BCUT2D eigenvalue weighted by Crippen LogP contribution is -2.60. The first-order valence-corrected chi connectivity index (χ1v) is 10.3. The number of carbonyl (C=O) groups is 6. The second kappa shape index (κ2) is 15.5.